The Hall–Kier alpha value is -3.28. The van der Waals surface area contributed by atoms with Crippen molar-refractivity contribution in [2.24, 2.45) is 0 Å². The average molecular weight is 365 g/mol. The molecule has 0 aliphatic heterocycles. The van der Waals surface area contributed by atoms with E-state index in [1.54, 1.807) is 12.1 Å². The molecule has 0 aliphatic rings. The van der Waals surface area contributed by atoms with Gasteiger partial charge in [-0.3, -0.25) is 4.79 Å². The normalized spacial score (nSPS) is 10.7. The Labute approximate surface area is 158 Å². The number of aromatic carboxylic acids is 1. The van der Waals surface area contributed by atoms with Crippen molar-refractivity contribution in [3.63, 3.8) is 0 Å². The van der Waals surface area contributed by atoms with Crippen LogP contribution in [0.2, 0.25) is 0 Å². The van der Waals surface area contributed by atoms with E-state index in [1.807, 2.05) is 66.2 Å². The van der Waals surface area contributed by atoms with Crippen molar-refractivity contribution in [1.29, 1.82) is 0 Å². The third-order valence-electron chi connectivity index (χ3n) is 4.47. The topological polar surface area (TPSA) is 74.6 Å². The van der Waals surface area contributed by atoms with Gasteiger partial charge < -0.3 is 19.9 Å². The molecule has 0 saturated heterocycles. The number of aryl methyl sites for hydroxylation is 1. The van der Waals surface area contributed by atoms with Gasteiger partial charge in [-0.05, 0) is 48.9 Å². The Morgan fingerprint density at radius 3 is 2.67 bits per heavy atom. The Morgan fingerprint density at radius 1 is 1.11 bits per heavy atom. The van der Waals surface area contributed by atoms with Gasteiger partial charge in [-0.1, -0.05) is 6.07 Å². The van der Waals surface area contributed by atoms with Gasteiger partial charge in [-0.25, -0.2) is 4.79 Å². The number of aromatic nitrogens is 1. The number of carbonyl (C=O) groups excluding carboxylic acids is 1. The maximum atomic E-state index is 12.2. The molecule has 2 N–H and O–H groups in total. The minimum atomic E-state index is -0.931. The molecule has 1 aromatic heterocycles. The Kier molecular flexibility index (Phi) is 5.45. The fourth-order valence-corrected chi connectivity index (χ4v) is 3.02. The SMILES string of the molecule is CN(C)c1cccc(NC(=O)CCCn2ccc3cc(C(=O)O)ccc32)c1. The largest absolute Gasteiger partial charge is 0.478 e. The average Bonchev–Trinajstić information content (AvgIpc) is 3.04. The van der Waals surface area contributed by atoms with Crippen LogP contribution in [0.5, 0.6) is 0 Å². The lowest BCUT2D eigenvalue weighted by atomic mass is 10.1. The number of carboxylic acids is 1. The summed E-state index contributed by atoms with van der Waals surface area (Å²) in [5, 5.41) is 12.9. The molecule has 1 heterocycles. The first-order valence-corrected chi connectivity index (χ1v) is 8.83. The molecule has 0 bridgehead atoms. The predicted molar refractivity (Wildman–Crippen MR) is 108 cm³/mol. The summed E-state index contributed by atoms with van der Waals surface area (Å²) < 4.78 is 2.04. The summed E-state index contributed by atoms with van der Waals surface area (Å²) in [6, 6.07) is 14.7. The number of carbonyl (C=O) groups is 2. The minimum Gasteiger partial charge on any atom is -0.478 e. The summed E-state index contributed by atoms with van der Waals surface area (Å²) in [5.41, 5.74) is 3.07. The first-order chi connectivity index (χ1) is 12.9. The van der Waals surface area contributed by atoms with E-state index in [1.165, 1.54) is 0 Å². The van der Waals surface area contributed by atoms with Gasteiger partial charge in [0.15, 0.2) is 0 Å². The molecule has 0 atom stereocenters. The summed E-state index contributed by atoms with van der Waals surface area (Å²) >= 11 is 0. The number of hydrogen-bond acceptors (Lipinski definition) is 3. The second kappa shape index (κ2) is 7.95. The van der Waals surface area contributed by atoms with E-state index in [4.69, 9.17) is 5.11 Å². The van der Waals surface area contributed by atoms with E-state index < -0.39 is 5.97 Å². The second-order valence-electron chi connectivity index (χ2n) is 6.68. The van der Waals surface area contributed by atoms with Gasteiger partial charge in [0.1, 0.15) is 0 Å². The van der Waals surface area contributed by atoms with E-state index >= 15 is 0 Å². The first kappa shape index (κ1) is 18.5. The molecule has 3 aromatic rings. The first-order valence-electron chi connectivity index (χ1n) is 8.83. The van der Waals surface area contributed by atoms with Crippen molar-refractivity contribution in [1.82, 2.24) is 4.57 Å². The number of anilines is 2. The third-order valence-corrected chi connectivity index (χ3v) is 4.47. The fraction of sp³-hybridized carbons (Fsp3) is 0.238. The van der Waals surface area contributed by atoms with Crippen molar-refractivity contribution in [2.45, 2.75) is 19.4 Å². The van der Waals surface area contributed by atoms with E-state index in [0.717, 1.165) is 22.3 Å². The molecule has 0 saturated carbocycles. The number of amides is 1. The Balaban J connectivity index is 1.56. The van der Waals surface area contributed by atoms with Crippen LogP contribution in [0, 0.1) is 0 Å². The zero-order valence-electron chi connectivity index (χ0n) is 15.5. The van der Waals surface area contributed by atoms with E-state index in [0.29, 0.717) is 19.4 Å². The highest BCUT2D eigenvalue weighted by molar-refractivity contribution is 5.93. The highest BCUT2D eigenvalue weighted by Crippen LogP contribution is 2.19. The van der Waals surface area contributed by atoms with Crippen molar-refractivity contribution >= 4 is 34.2 Å². The molecule has 3 rings (SSSR count). The summed E-state index contributed by atoms with van der Waals surface area (Å²) in [5.74, 6) is -0.949. The molecule has 140 valence electrons. The number of nitrogens with one attached hydrogen (secondary N) is 1. The van der Waals surface area contributed by atoms with Gasteiger partial charge in [0.2, 0.25) is 5.91 Å². The summed E-state index contributed by atoms with van der Waals surface area (Å²) in [6.45, 7) is 0.696. The van der Waals surface area contributed by atoms with Gasteiger partial charge >= 0.3 is 5.97 Å². The standard InChI is InChI=1S/C21H23N3O3/c1-23(2)18-6-3-5-17(14-18)22-20(25)7-4-11-24-12-10-15-13-16(21(26)27)8-9-19(15)24/h3,5-6,8-10,12-14H,4,7,11H2,1-2H3,(H,22,25)(H,26,27). The molecular formula is C21H23N3O3. The molecule has 0 unspecified atom stereocenters. The smallest absolute Gasteiger partial charge is 0.335 e. The van der Waals surface area contributed by atoms with Crippen molar-refractivity contribution < 1.29 is 14.7 Å². The maximum absolute atomic E-state index is 12.2. The van der Waals surface area contributed by atoms with Crippen LogP contribution in [-0.2, 0) is 11.3 Å². The van der Waals surface area contributed by atoms with E-state index in [2.05, 4.69) is 5.32 Å². The van der Waals surface area contributed by atoms with Crippen LogP contribution in [0.25, 0.3) is 10.9 Å². The molecule has 6 nitrogen and oxygen atoms in total. The van der Waals surface area contributed by atoms with Gasteiger partial charge in [0.05, 0.1) is 5.56 Å². The minimum absolute atomic E-state index is 0.0180. The molecule has 0 fully saturated rings. The molecule has 0 spiro atoms. The monoisotopic (exact) mass is 365 g/mol. The lowest BCUT2D eigenvalue weighted by molar-refractivity contribution is -0.116. The van der Waals surface area contributed by atoms with Crippen molar-refractivity contribution in [3.8, 4) is 0 Å². The molecule has 0 aliphatic carbocycles. The van der Waals surface area contributed by atoms with E-state index in [-0.39, 0.29) is 11.5 Å². The lowest BCUT2D eigenvalue weighted by Gasteiger charge is -2.14. The van der Waals surface area contributed by atoms with Crippen LogP contribution in [0.4, 0.5) is 11.4 Å². The number of carboxylic acid groups (broad SMARTS) is 1. The number of benzene rings is 2. The second-order valence-corrected chi connectivity index (χ2v) is 6.68. The zero-order chi connectivity index (χ0) is 19.4. The Morgan fingerprint density at radius 2 is 1.93 bits per heavy atom. The van der Waals surface area contributed by atoms with Gasteiger partial charge in [-0.2, -0.15) is 0 Å². The molecule has 6 heteroatoms. The van der Waals surface area contributed by atoms with Crippen LogP contribution in [-0.4, -0.2) is 35.6 Å². The number of rotatable bonds is 7. The summed E-state index contributed by atoms with van der Waals surface area (Å²) in [7, 11) is 3.92. The Bertz CT molecular complexity index is 976. The summed E-state index contributed by atoms with van der Waals surface area (Å²) in [4.78, 5) is 25.2. The van der Waals surface area contributed by atoms with Crippen LogP contribution in [0.15, 0.2) is 54.7 Å². The third kappa shape index (κ3) is 4.47. The van der Waals surface area contributed by atoms with Gasteiger partial charge in [0, 0.05) is 55.5 Å². The predicted octanol–water partition coefficient (Wildman–Crippen LogP) is 3.82. The van der Waals surface area contributed by atoms with E-state index in [9.17, 15) is 9.59 Å². The fourth-order valence-electron chi connectivity index (χ4n) is 3.02. The highest BCUT2D eigenvalue weighted by Gasteiger charge is 2.08. The van der Waals surface area contributed by atoms with Gasteiger partial charge in [0.25, 0.3) is 0 Å². The maximum Gasteiger partial charge on any atom is 0.335 e. The van der Waals surface area contributed by atoms with Crippen LogP contribution in [0.3, 0.4) is 0 Å². The quantitative estimate of drug-likeness (QED) is 0.667. The number of fused-ring (bicyclic) bond motifs is 1. The molecule has 0 radical (unpaired) electrons. The van der Waals surface area contributed by atoms with Crippen LogP contribution < -0.4 is 10.2 Å². The zero-order valence-corrected chi connectivity index (χ0v) is 15.5. The number of hydrogen-bond donors (Lipinski definition) is 2. The van der Waals surface area contributed by atoms with Crippen LogP contribution in [0.1, 0.15) is 23.2 Å². The highest BCUT2D eigenvalue weighted by atomic mass is 16.4. The van der Waals surface area contributed by atoms with Gasteiger partial charge in [-0.15, -0.1) is 0 Å². The van der Waals surface area contributed by atoms with Crippen LogP contribution >= 0.6 is 0 Å². The molecule has 27 heavy (non-hydrogen) atoms. The number of nitrogens with zero attached hydrogens (tertiary/aromatic N) is 2. The molecule has 2 aromatic carbocycles. The lowest BCUT2D eigenvalue weighted by Crippen LogP contribution is -2.13. The molecule has 1 amide bonds. The summed E-state index contributed by atoms with van der Waals surface area (Å²) in [6.07, 6.45) is 3.04. The molecular weight excluding hydrogens is 342 g/mol. The van der Waals surface area contributed by atoms with Crippen molar-refractivity contribution in [2.75, 3.05) is 24.3 Å². The van der Waals surface area contributed by atoms with Crippen molar-refractivity contribution in [3.05, 3.63) is 60.3 Å².